The highest BCUT2D eigenvalue weighted by atomic mass is 16.5. The van der Waals surface area contributed by atoms with Crippen LogP contribution in [0.15, 0.2) is 34.9 Å². The van der Waals surface area contributed by atoms with Crippen LogP contribution in [-0.2, 0) is 13.0 Å². The fourth-order valence-electron chi connectivity index (χ4n) is 1.72. The predicted octanol–water partition coefficient (Wildman–Crippen LogP) is 3.02. The molecule has 0 amide bonds. The van der Waals surface area contributed by atoms with Gasteiger partial charge in [0.1, 0.15) is 12.2 Å². The van der Waals surface area contributed by atoms with Gasteiger partial charge in [-0.25, -0.2) is 0 Å². The second-order valence-electron chi connectivity index (χ2n) is 3.97. The fraction of sp³-hybridized carbons (Fsp3) is 0.286. The van der Waals surface area contributed by atoms with Crippen molar-refractivity contribution in [1.82, 2.24) is 5.16 Å². The molecule has 0 N–H and O–H groups in total. The van der Waals surface area contributed by atoms with Gasteiger partial charge < -0.3 is 9.26 Å². The Labute approximate surface area is 106 Å². The first-order valence-electron chi connectivity index (χ1n) is 5.88. The van der Waals surface area contributed by atoms with E-state index in [-0.39, 0.29) is 11.7 Å². The molecule has 0 atom stereocenters. The van der Waals surface area contributed by atoms with E-state index in [2.05, 4.69) is 5.16 Å². The van der Waals surface area contributed by atoms with Crippen LogP contribution in [0.25, 0.3) is 0 Å². The minimum absolute atomic E-state index is 0.0869. The lowest BCUT2D eigenvalue weighted by Crippen LogP contribution is -2.02. The number of rotatable bonds is 5. The summed E-state index contributed by atoms with van der Waals surface area (Å²) >= 11 is 0. The van der Waals surface area contributed by atoms with Crippen molar-refractivity contribution >= 4 is 5.78 Å². The zero-order chi connectivity index (χ0) is 13.0. The molecule has 0 unspecified atom stereocenters. The van der Waals surface area contributed by atoms with Crippen molar-refractivity contribution < 1.29 is 14.1 Å². The second kappa shape index (κ2) is 5.49. The number of ketones is 1. The first-order valence-corrected chi connectivity index (χ1v) is 5.88. The molecule has 0 fully saturated rings. The van der Waals surface area contributed by atoms with Crippen LogP contribution in [0.5, 0.6) is 5.88 Å². The van der Waals surface area contributed by atoms with E-state index in [4.69, 9.17) is 9.26 Å². The van der Waals surface area contributed by atoms with Crippen molar-refractivity contribution in [2.24, 2.45) is 0 Å². The summed E-state index contributed by atoms with van der Waals surface area (Å²) in [7, 11) is 0. The van der Waals surface area contributed by atoms with Gasteiger partial charge in [0.05, 0.1) is 0 Å². The summed E-state index contributed by atoms with van der Waals surface area (Å²) in [4.78, 5) is 11.5. The summed E-state index contributed by atoms with van der Waals surface area (Å²) in [5.74, 6) is 0.768. The molecular formula is C14H15NO3. The first-order chi connectivity index (χ1) is 8.72. The molecule has 94 valence electrons. The van der Waals surface area contributed by atoms with E-state index < -0.39 is 0 Å². The molecular weight excluding hydrogens is 230 g/mol. The molecule has 0 bridgehead atoms. The number of hydrogen-bond acceptors (Lipinski definition) is 4. The number of nitrogens with zero attached hydrogens (tertiary/aromatic N) is 1. The average Bonchev–Trinajstić information content (AvgIpc) is 2.80. The Kier molecular flexibility index (Phi) is 3.77. The third kappa shape index (κ3) is 2.59. The normalized spacial score (nSPS) is 10.3. The van der Waals surface area contributed by atoms with E-state index in [1.807, 2.05) is 37.3 Å². The Morgan fingerprint density at radius 1 is 1.33 bits per heavy atom. The first kappa shape index (κ1) is 12.4. The lowest BCUT2D eigenvalue weighted by molar-refractivity contribution is 0.101. The highest BCUT2D eigenvalue weighted by Gasteiger charge is 2.19. The maximum Gasteiger partial charge on any atom is 0.265 e. The maximum absolute atomic E-state index is 11.5. The predicted molar refractivity (Wildman–Crippen MR) is 66.7 cm³/mol. The molecule has 0 spiro atoms. The number of carbonyl (C=O) groups excluding carboxylic acids is 1. The molecule has 0 saturated heterocycles. The number of carbonyl (C=O) groups is 1. The Balaban J connectivity index is 2.15. The van der Waals surface area contributed by atoms with E-state index in [0.717, 1.165) is 5.56 Å². The highest BCUT2D eigenvalue weighted by Crippen LogP contribution is 2.23. The van der Waals surface area contributed by atoms with E-state index in [1.165, 1.54) is 6.92 Å². The minimum Gasteiger partial charge on any atom is -0.470 e. The van der Waals surface area contributed by atoms with Crippen LogP contribution in [0, 0.1) is 0 Å². The van der Waals surface area contributed by atoms with Gasteiger partial charge >= 0.3 is 0 Å². The minimum atomic E-state index is -0.0869. The summed E-state index contributed by atoms with van der Waals surface area (Å²) in [6.07, 6.45) is 0.622. The van der Waals surface area contributed by atoms with E-state index in [9.17, 15) is 4.79 Å². The molecule has 0 radical (unpaired) electrons. The summed E-state index contributed by atoms with van der Waals surface area (Å²) in [6.45, 7) is 3.77. The number of aromatic nitrogens is 1. The van der Waals surface area contributed by atoms with Gasteiger partial charge in [0.25, 0.3) is 5.88 Å². The number of ether oxygens (including phenoxy) is 1. The number of aryl methyl sites for hydroxylation is 1. The third-order valence-electron chi connectivity index (χ3n) is 2.62. The molecule has 1 aromatic heterocycles. The third-order valence-corrected chi connectivity index (χ3v) is 2.62. The summed E-state index contributed by atoms with van der Waals surface area (Å²) in [6, 6.07) is 9.72. The molecule has 2 aromatic rings. The van der Waals surface area contributed by atoms with E-state index in [1.54, 1.807) is 0 Å². The molecule has 0 saturated carbocycles. The highest BCUT2D eigenvalue weighted by molar-refractivity contribution is 5.97. The molecule has 18 heavy (non-hydrogen) atoms. The fourth-order valence-corrected chi connectivity index (χ4v) is 1.72. The molecule has 1 heterocycles. The smallest absolute Gasteiger partial charge is 0.265 e. The number of Topliss-reactive ketones (excluding diaryl/α,β-unsaturated/α-hetero) is 1. The lowest BCUT2D eigenvalue weighted by Gasteiger charge is -2.03. The van der Waals surface area contributed by atoms with Crippen molar-refractivity contribution in [3.63, 3.8) is 0 Å². The van der Waals surface area contributed by atoms with Crippen LogP contribution < -0.4 is 4.74 Å². The maximum atomic E-state index is 11.5. The van der Waals surface area contributed by atoms with Crippen LogP contribution in [0.1, 0.15) is 35.5 Å². The Morgan fingerprint density at radius 3 is 2.67 bits per heavy atom. The largest absolute Gasteiger partial charge is 0.470 e. The van der Waals surface area contributed by atoms with Crippen LogP contribution in [0.3, 0.4) is 0 Å². The van der Waals surface area contributed by atoms with Crippen LogP contribution in [-0.4, -0.2) is 10.9 Å². The van der Waals surface area contributed by atoms with Crippen LogP contribution in [0.4, 0.5) is 0 Å². The number of hydrogen-bond donors (Lipinski definition) is 0. The molecule has 0 aliphatic rings. The van der Waals surface area contributed by atoms with Gasteiger partial charge in [-0.15, -0.1) is 0 Å². The zero-order valence-electron chi connectivity index (χ0n) is 10.5. The van der Waals surface area contributed by atoms with Crippen molar-refractivity contribution in [2.75, 3.05) is 0 Å². The SMILES string of the molecule is CCc1onc(OCc2ccccc2)c1C(C)=O. The van der Waals surface area contributed by atoms with Gasteiger partial charge in [-0.05, 0) is 17.6 Å². The topological polar surface area (TPSA) is 52.3 Å². The Hall–Kier alpha value is -2.10. The monoisotopic (exact) mass is 245 g/mol. The van der Waals surface area contributed by atoms with E-state index in [0.29, 0.717) is 24.4 Å². The van der Waals surface area contributed by atoms with Crippen molar-refractivity contribution in [3.05, 3.63) is 47.2 Å². The van der Waals surface area contributed by atoms with Gasteiger partial charge in [-0.3, -0.25) is 4.79 Å². The van der Waals surface area contributed by atoms with Crippen LogP contribution in [0.2, 0.25) is 0 Å². The zero-order valence-corrected chi connectivity index (χ0v) is 10.5. The van der Waals surface area contributed by atoms with Crippen molar-refractivity contribution in [2.45, 2.75) is 26.9 Å². The molecule has 1 aromatic carbocycles. The van der Waals surface area contributed by atoms with Crippen molar-refractivity contribution in [3.8, 4) is 5.88 Å². The Morgan fingerprint density at radius 2 is 2.06 bits per heavy atom. The van der Waals surface area contributed by atoms with E-state index >= 15 is 0 Å². The van der Waals surface area contributed by atoms with Crippen LogP contribution >= 0.6 is 0 Å². The number of benzene rings is 1. The molecule has 2 rings (SSSR count). The molecule has 4 nitrogen and oxygen atoms in total. The molecule has 0 aliphatic carbocycles. The molecule has 4 heteroatoms. The quantitative estimate of drug-likeness (QED) is 0.760. The summed E-state index contributed by atoms with van der Waals surface area (Å²) in [5.41, 5.74) is 1.47. The van der Waals surface area contributed by atoms with Gasteiger partial charge in [0.2, 0.25) is 0 Å². The van der Waals surface area contributed by atoms with Gasteiger partial charge in [-0.1, -0.05) is 37.3 Å². The van der Waals surface area contributed by atoms with Gasteiger partial charge in [0, 0.05) is 6.42 Å². The second-order valence-corrected chi connectivity index (χ2v) is 3.97. The lowest BCUT2D eigenvalue weighted by atomic mass is 10.1. The standard InChI is InChI=1S/C14H15NO3/c1-3-12-13(10(2)16)14(15-18-12)17-9-11-7-5-4-6-8-11/h4-8H,3,9H2,1-2H3. The molecule has 0 aliphatic heterocycles. The average molecular weight is 245 g/mol. The van der Waals surface area contributed by atoms with Gasteiger partial charge in [-0.2, -0.15) is 0 Å². The van der Waals surface area contributed by atoms with Crippen molar-refractivity contribution in [1.29, 1.82) is 0 Å². The summed E-state index contributed by atoms with van der Waals surface area (Å²) in [5, 5.41) is 3.81. The summed E-state index contributed by atoms with van der Waals surface area (Å²) < 4.78 is 10.6. The van der Waals surface area contributed by atoms with Gasteiger partial charge in [0.15, 0.2) is 11.5 Å². The Bertz CT molecular complexity index is 531.